The predicted molar refractivity (Wildman–Crippen MR) is 108 cm³/mol. The van der Waals surface area contributed by atoms with Crippen LogP contribution in [0.3, 0.4) is 0 Å². The fraction of sp³-hybridized carbons (Fsp3) is 0.316. The van der Waals surface area contributed by atoms with Gasteiger partial charge in [-0.2, -0.15) is 4.31 Å². The highest BCUT2D eigenvalue weighted by Gasteiger charge is 2.23. The highest BCUT2D eigenvalue weighted by molar-refractivity contribution is 7.88. The Morgan fingerprint density at radius 1 is 1.07 bits per heavy atom. The number of halogens is 1. The Morgan fingerprint density at radius 3 is 2.44 bits per heavy atom. The van der Waals surface area contributed by atoms with Gasteiger partial charge in [-0.25, -0.2) is 8.42 Å². The van der Waals surface area contributed by atoms with E-state index in [1.165, 1.54) is 10.6 Å². The Bertz CT molecular complexity index is 925. The smallest absolute Gasteiger partial charge is 0.255 e. The van der Waals surface area contributed by atoms with E-state index in [-0.39, 0.29) is 5.91 Å². The summed E-state index contributed by atoms with van der Waals surface area (Å²) in [7, 11) is -3.13. The third-order valence-electron chi connectivity index (χ3n) is 4.52. The first-order valence-corrected chi connectivity index (χ1v) is 10.9. The first-order chi connectivity index (χ1) is 12.8. The molecule has 27 heavy (non-hydrogen) atoms. The summed E-state index contributed by atoms with van der Waals surface area (Å²) >= 11 is 6.09. The largest absolute Gasteiger partial charge is 0.321 e. The fourth-order valence-corrected chi connectivity index (χ4v) is 4.06. The molecule has 0 unspecified atom stereocenters. The molecule has 1 saturated heterocycles. The van der Waals surface area contributed by atoms with Gasteiger partial charge < -0.3 is 5.32 Å². The molecule has 0 atom stereocenters. The molecule has 6 nitrogen and oxygen atoms in total. The number of anilines is 1. The number of hydrogen-bond acceptors (Lipinski definition) is 4. The summed E-state index contributed by atoms with van der Waals surface area (Å²) in [6.45, 7) is 2.99. The minimum absolute atomic E-state index is 0.216. The zero-order valence-corrected chi connectivity index (χ0v) is 16.6. The van der Waals surface area contributed by atoms with Crippen molar-refractivity contribution in [1.82, 2.24) is 9.21 Å². The second-order valence-electron chi connectivity index (χ2n) is 6.57. The molecule has 0 aliphatic carbocycles. The number of carbonyl (C=O) groups excluding carboxylic acids is 1. The Hall–Kier alpha value is -1.93. The molecule has 0 saturated carbocycles. The molecular formula is C19H22ClN3O3S. The molecule has 3 rings (SSSR count). The molecule has 1 amide bonds. The van der Waals surface area contributed by atoms with E-state index in [1.807, 2.05) is 30.3 Å². The molecule has 1 aliphatic heterocycles. The van der Waals surface area contributed by atoms with Crippen molar-refractivity contribution in [1.29, 1.82) is 0 Å². The average molecular weight is 408 g/mol. The van der Waals surface area contributed by atoms with Crippen molar-refractivity contribution in [2.75, 3.05) is 37.8 Å². The van der Waals surface area contributed by atoms with Crippen molar-refractivity contribution in [2.24, 2.45) is 0 Å². The molecule has 0 radical (unpaired) electrons. The van der Waals surface area contributed by atoms with E-state index in [0.29, 0.717) is 49.0 Å². The highest BCUT2D eigenvalue weighted by atomic mass is 35.5. The maximum atomic E-state index is 12.5. The van der Waals surface area contributed by atoms with Crippen LogP contribution in [0.4, 0.5) is 5.69 Å². The fourth-order valence-electron chi connectivity index (χ4n) is 3.05. The van der Waals surface area contributed by atoms with Crippen LogP contribution in [0.5, 0.6) is 0 Å². The number of nitrogens with one attached hydrogen (secondary N) is 1. The van der Waals surface area contributed by atoms with Gasteiger partial charge in [-0.1, -0.05) is 35.9 Å². The van der Waals surface area contributed by atoms with Crippen LogP contribution in [0, 0.1) is 0 Å². The molecular weight excluding hydrogens is 386 g/mol. The highest BCUT2D eigenvalue weighted by Crippen LogP contribution is 2.21. The van der Waals surface area contributed by atoms with Gasteiger partial charge in [0.2, 0.25) is 10.0 Å². The number of benzene rings is 2. The van der Waals surface area contributed by atoms with E-state index in [4.69, 9.17) is 11.6 Å². The van der Waals surface area contributed by atoms with E-state index < -0.39 is 10.0 Å². The molecule has 144 valence electrons. The van der Waals surface area contributed by atoms with Gasteiger partial charge in [0.25, 0.3) is 5.91 Å². The Balaban J connectivity index is 1.62. The Kier molecular flexibility index (Phi) is 6.16. The zero-order valence-electron chi connectivity index (χ0n) is 15.1. The third kappa shape index (κ3) is 5.29. The van der Waals surface area contributed by atoms with Crippen LogP contribution in [-0.4, -0.2) is 56.0 Å². The third-order valence-corrected chi connectivity index (χ3v) is 6.15. The summed E-state index contributed by atoms with van der Waals surface area (Å²) in [6, 6.07) is 14.5. The number of carbonyl (C=O) groups is 1. The molecule has 0 aromatic heterocycles. The van der Waals surface area contributed by atoms with Crippen molar-refractivity contribution in [2.45, 2.75) is 6.54 Å². The molecule has 8 heteroatoms. The molecule has 2 aromatic carbocycles. The summed E-state index contributed by atoms with van der Waals surface area (Å²) in [6.07, 6.45) is 1.24. The zero-order chi connectivity index (χ0) is 19.4. The van der Waals surface area contributed by atoms with Crippen molar-refractivity contribution in [3.05, 3.63) is 64.7 Å². The Labute approximate surface area is 164 Å². The molecule has 0 spiro atoms. The molecule has 1 fully saturated rings. The van der Waals surface area contributed by atoms with Gasteiger partial charge in [0, 0.05) is 38.3 Å². The topological polar surface area (TPSA) is 69.7 Å². The normalized spacial score (nSPS) is 16.2. The number of piperazine rings is 1. The number of hydrogen-bond donors (Lipinski definition) is 1. The van der Waals surface area contributed by atoms with Crippen LogP contribution in [-0.2, 0) is 16.6 Å². The minimum atomic E-state index is -3.13. The molecule has 0 bridgehead atoms. The summed E-state index contributed by atoms with van der Waals surface area (Å²) in [5, 5.41) is 3.31. The van der Waals surface area contributed by atoms with Crippen LogP contribution in [0.25, 0.3) is 0 Å². The van der Waals surface area contributed by atoms with Crippen LogP contribution < -0.4 is 5.32 Å². The van der Waals surface area contributed by atoms with Gasteiger partial charge in [-0.15, -0.1) is 0 Å². The maximum absolute atomic E-state index is 12.5. The van der Waals surface area contributed by atoms with Crippen LogP contribution in [0.2, 0.25) is 5.02 Å². The lowest BCUT2D eigenvalue weighted by Gasteiger charge is -2.33. The maximum Gasteiger partial charge on any atom is 0.255 e. The number of rotatable bonds is 5. The Morgan fingerprint density at radius 2 is 1.78 bits per heavy atom. The lowest BCUT2D eigenvalue weighted by molar-refractivity contribution is 0.102. The standard InChI is InChI=1S/C19H22ClN3O3S/c1-27(25,26)23-11-9-22(10-12-23)14-15-5-4-6-16(13-15)19(24)21-18-8-3-2-7-17(18)20/h2-8,13H,9-12,14H2,1H3,(H,21,24). The van der Waals surface area contributed by atoms with Gasteiger partial charge in [0.1, 0.15) is 0 Å². The number of para-hydroxylation sites is 1. The van der Waals surface area contributed by atoms with Gasteiger partial charge in [0.05, 0.1) is 17.0 Å². The van der Waals surface area contributed by atoms with E-state index in [9.17, 15) is 13.2 Å². The lowest BCUT2D eigenvalue weighted by atomic mass is 10.1. The first-order valence-electron chi connectivity index (χ1n) is 8.65. The number of nitrogens with zero attached hydrogens (tertiary/aromatic N) is 2. The minimum Gasteiger partial charge on any atom is -0.321 e. The van der Waals surface area contributed by atoms with Crippen molar-refractivity contribution >= 4 is 33.2 Å². The lowest BCUT2D eigenvalue weighted by Crippen LogP contribution is -2.47. The second-order valence-corrected chi connectivity index (χ2v) is 8.96. The van der Waals surface area contributed by atoms with Crippen molar-refractivity contribution in [3.63, 3.8) is 0 Å². The molecule has 1 aliphatic rings. The van der Waals surface area contributed by atoms with Crippen LogP contribution >= 0.6 is 11.6 Å². The first kappa shape index (κ1) is 19.8. The SMILES string of the molecule is CS(=O)(=O)N1CCN(Cc2cccc(C(=O)Nc3ccccc3Cl)c2)CC1. The van der Waals surface area contributed by atoms with E-state index in [0.717, 1.165) is 5.56 Å². The van der Waals surface area contributed by atoms with Crippen LogP contribution in [0.15, 0.2) is 48.5 Å². The number of sulfonamides is 1. The predicted octanol–water partition coefficient (Wildman–Crippen LogP) is 2.67. The molecule has 1 heterocycles. The summed E-state index contributed by atoms with van der Waals surface area (Å²) in [5.41, 5.74) is 2.14. The molecule has 1 N–H and O–H groups in total. The van der Waals surface area contributed by atoms with Gasteiger partial charge in [0.15, 0.2) is 0 Å². The van der Waals surface area contributed by atoms with E-state index in [1.54, 1.807) is 18.2 Å². The number of amides is 1. The van der Waals surface area contributed by atoms with Gasteiger partial charge in [-0.3, -0.25) is 9.69 Å². The van der Waals surface area contributed by atoms with Gasteiger partial charge in [-0.05, 0) is 29.8 Å². The van der Waals surface area contributed by atoms with E-state index in [2.05, 4.69) is 10.2 Å². The summed E-state index contributed by atoms with van der Waals surface area (Å²) in [4.78, 5) is 14.7. The second kappa shape index (κ2) is 8.39. The van der Waals surface area contributed by atoms with E-state index >= 15 is 0 Å². The summed E-state index contributed by atoms with van der Waals surface area (Å²) in [5.74, 6) is -0.216. The van der Waals surface area contributed by atoms with Crippen LogP contribution in [0.1, 0.15) is 15.9 Å². The summed E-state index contributed by atoms with van der Waals surface area (Å²) < 4.78 is 24.7. The molecule has 2 aromatic rings. The average Bonchev–Trinajstić information content (AvgIpc) is 2.63. The van der Waals surface area contributed by atoms with Crippen molar-refractivity contribution < 1.29 is 13.2 Å². The monoisotopic (exact) mass is 407 g/mol. The van der Waals surface area contributed by atoms with Crippen molar-refractivity contribution in [3.8, 4) is 0 Å². The van der Waals surface area contributed by atoms with Gasteiger partial charge >= 0.3 is 0 Å². The quantitative estimate of drug-likeness (QED) is 0.827.